The van der Waals surface area contributed by atoms with Gasteiger partial charge in [0.1, 0.15) is 5.82 Å². The van der Waals surface area contributed by atoms with Crippen LogP contribution in [0.2, 0.25) is 0 Å². The Kier molecular flexibility index (Phi) is 5.74. The van der Waals surface area contributed by atoms with E-state index in [0.29, 0.717) is 24.3 Å². The number of anilines is 1. The van der Waals surface area contributed by atoms with Crippen LogP contribution in [0.15, 0.2) is 48.5 Å². The maximum Gasteiger partial charge on any atom is 0.322 e. The predicted octanol–water partition coefficient (Wildman–Crippen LogP) is 3.99. The van der Waals surface area contributed by atoms with Crippen molar-refractivity contribution in [2.75, 3.05) is 18.4 Å². The molecule has 27 heavy (non-hydrogen) atoms. The van der Waals surface area contributed by atoms with Crippen molar-refractivity contribution in [2.24, 2.45) is 0 Å². The third-order valence-electron chi connectivity index (χ3n) is 4.91. The van der Waals surface area contributed by atoms with Crippen molar-refractivity contribution in [3.63, 3.8) is 0 Å². The van der Waals surface area contributed by atoms with Crippen LogP contribution in [0.25, 0.3) is 0 Å². The first kappa shape index (κ1) is 18.9. The van der Waals surface area contributed by atoms with E-state index in [0.717, 1.165) is 12.0 Å². The number of likely N-dealkylation sites (tertiary alicyclic amines) is 1. The summed E-state index contributed by atoms with van der Waals surface area (Å²) in [6.07, 6.45) is 0.842. The Hall–Kier alpha value is -2.89. The fraction of sp³-hybridized carbons (Fsp3) is 0.333. The van der Waals surface area contributed by atoms with E-state index in [1.54, 1.807) is 41.3 Å². The summed E-state index contributed by atoms with van der Waals surface area (Å²) in [6.45, 7) is 5.04. The fourth-order valence-electron chi connectivity index (χ4n) is 3.45. The quantitative estimate of drug-likeness (QED) is 0.856. The highest BCUT2D eigenvalue weighted by Gasteiger charge is 2.33. The molecule has 0 aliphatic carbocycles. The number of urea groups is 1. The van der Waals surface area contributed by atoms with Gasteiger partial charge >= 0.3 is 6.03 Å². The molecule has 6 heteroatoms. The molecule has 1 saturated heterocycles. The lowest BCUT2D eigenvalue weighted by Gasteiger charge is -2.22. The first-order chi connectivity index (χ1) is 13.0. The summed E-state index contributed by atoms with van der Waals surface area (Å²) in [5, 5.41) is 5.63. The van der Waals surface area contributed by atoms with Gasteiger partial charge in [-0.3, -0.25) is 4.79 Å². The van der Waals surface area contributed by atoms with Crippen molar-refractivity contribution in [3.05, 3.63) is 65.5 Å². The predicted molar refractivity (Wildman–Crippen MR) is 103 cm³/mol. The second kappa shape index (κ2) is 8.20. The fourth-order valence-corrected chi connectivity index (χ4v) is 3.45. The highest BCUT2D eigenvalue weighted by molar-refractivity contribution is 5.95. The molecule has 142 valence electrons. The third-order valence-corrected chi connectivity index (χ3v) is 4.91. The molecular weight excluding hydrogens is 345 g/mol. The Bertz CT molecular complexity index is 805. The molecule has 0 radical (unpaired) electrons. The second-order valence-corrected chi connectivity index (χ2v) is 6.85. The number of nitrogens with one attached hydrogen (secondary N) is 2. The molecule has 0 saturated carbocycles. The van der Waals surface area contributed by atoms with Crippen LogP contribution in [0.1, 0.15) is 42.1 Å². The van der Waals surface area contributed by atoms with Crippen molar-refractivity contribution in [1.29, 1.82) is 0 Å². The Labute approximate surface area is 158 Å². The molecule has 5 nitrogen and oxygen atoms in total. The third kappa shape index (κ3) is 4.45. The van der Waals surface area contributed by atoms with Gasteiger partial charge in [0.15, 0.2) is 0 Å². The van der Waals surface area contributed by atoms with Gasteiger partial charge in [0.25, 0.3) is 5.91 Å². The topological polar surface area (TPSA) is 61.4 Å². The number of carbonyl (C=O) groups excluding carboxylic acids is 2. The SMILES string of the molecule is CCNC(=O)c1ccc(NC(=O)N2CC(c3ccc(F)cc3)CC2C)cc1. The molecule has 2 unspecified atom stereocenters. The van der Waals surface area contributed by atoms with Gasteiger partial charge in [-0.25, -0.2) is 9.18 Å². The van der Waals surface area contributed by atoms with Crippen molar-refractivity contribution in [2.45, 2.75) is 32.2 Å². The molecule has 1 fully saturated rings. The van der Waals surface area contributed by atoms with E-state index >= 15 is 0 Å². The van der Waals surface area contributed by atoms with Gasteiger partial charge in [-0.15, -0.1) is 0 Å². The lowest BCUT2D eigenvalue weighted by molar-refractivity contribution is 0.0956. The number of hydrogen-bond acceptors (Lipinski definition) is 2. The molecule has 2 aromatic rings. The van der Waals surface area contributed by atoms with Gasteiger partial charge in [0.05, 0.1) is 0 Å². The first-order valence-electron chi connectivity index (χ1n) is 9.19. The van der Waals surface area contributed by atoms with Gasteiger partial charge in [0, 0.05) is 36.3 Å². The summed E-state index contributed by atoms with van der Waals surface area (Å²) in [7, 11) is 0. The van der Waals surface area contributed by atoms with E-state index in [1.165, 1.54) is 12.1 Å². The second-order valence-electron chi connectivity index (χ2n) is 6.85. The maximum atomic E-state index is 13.1. The van der Waals surface area contributed by atoms with Crippen LogP contribution >= 0.6 is 0 Å². The van der Waals surface area contributed by atoms with Crippen LogP contribution in [-0.4, -0.2) is 36.0 Å². The van der Waals surface area contributed by atoms with E-state index in [-0.39, 0.29) is 29.7 Å². The molecule has 0 bridgehead atoms. The molecule has 3 amide bonds. The highest BCUT2D eigenvalue weighted by atomic mass is 19.1. The summed E-state index contributed by atoms with van der Waals surface area (Å²) in [5.74, 6) is -0.187. The summed E-state index contributed by atoms with van der Waals surface area (Å²) >= 11 is 0. The van der Waals surface area contributed by atoms with Gasteiger partial charge in [-0.1, -0.05) is 12.1 Å². The van der Waals surface area contributed by atoms with Gasteiger partial charge < -0.3 is 15.5 Å². The zero-order valence-electron chi connectivity index (χ0n) is 15.5. The van der Waals surface area contributed by atoms with E-state index in [2.05, 4.69) is 10.6 Å². The minimum absolute atomic E-state index is 0.0923. The van der Waals surface area contributed by atoms with Crippen LogP contribution in [0, 0.1) is 5.82 Å². The first-order valence-corrected chi connectivity index (χ1v) is 9.19. The zero-order valence-corrected chi connectivity index (χ0v) is 15.5. The smallest absolute Gasteiger partial charge is 0.322 e. The van der Waals surface area contributed by atoms with Crippen LogP contribution in [0.5, 0.6) is 0 Å². The Morgan fingerprint density at radius 3 is 2.41 bits per heavy atom. The number of nitrogens with zero attached hydrogens (tertiary/aromatic N) is 1. The molecule has 1 heterocycles. The lowest BCUT2D eigenvalue weighted by Crippen LogP contribution is -2.37. The largest absolute Gasteiger partial charge is 0.352 e. The average molecular weight is 369 g/mol. The average Bonchev–Trinajstić information content (AvgIpc) is 3.05. The maximum absolute atomic E-state index is 13.1. The van der Waals surface area contributed by atoms with E-state index < -0.39 is 0 Å². The van der Waals surface area contributed by atoms with Crippen molar-refractivity contribution in [3.8, 4) is 0 Å². The Morgan fingerprint density at radius 2 is 1.78 bits per heavy atom. The molecule has 0 aromatic heterocycles. The number of halogens is 1. The molecular formula is C21H24FN3O2. The summed E-state index contributed by atoms with van der Waals surface area (Å²) in [4.78, 5) is 26.2. The van der Waals surface area contributed by atoms with Crippen LogP contribution < -0.4 is 10.6 Å². The van der Waals surface area contributed by atoms with E-state index in [9.17, 15) is 14.0 Å². The molecule has 2 aromatic carbocycles. The van der Waals surface area contributed by atoms with Crippen molar-refractivity contribution in [1.82, 2.24) is 10.2 Å². The lowest BCUT2D eigenvalue weighted by atomic mass is 9.97. The Morgan fingerprint density at radius 1 is 1.11 bits per heavy atom. The van der Waals surface area contributed by atoms with E-state index in [1.807, 2.05) is 13.8 Å². The van der Waals surface area contributed by atoms with Crippen LogP contribution in [-0.2, 0) is 0 Å². The van der Waals surface area contributed by atoms with Crippen molar-refractivity contribution < 1.29 is 14.0 Å². The summed E-state index contributed by atoms with van der Waals surface area (Å²) in [6, 6.07) is 13.2. The normalized spacial score (nSPS) is 19.0. The molecule has 2 atom stereocenters. The molecule has 1 aliphatic rings. The summed E-state index contributed by atoms with van der Waals surface area (Å²) < 4.78 is 13.1. The highest BCUT2D eigenvalue weighted by Crippen LogP contribution is 2.32. The molecule has 2 N–H and O–H groups in total. The number of carbonyl (C=O) groups is 2. The van der Waals surface area contributed by atoms with Crippen LogP contribution in [0.3, 0.4) is 0 Å². The zero-order chi connectivity index (χ0) is 19.4. The van der Waals surface area contributed by atoms with Crippen LogP contribution in [0.4, 0.5) is 14.9 Å². The Balaban J connectivity index is 1.62. The van der Waals surface area contributed by atoms with E-state index in [4.69, 9.17) is 0 Å². The van der Waals surface area contributed by atoms with Crippen molar-refractivity contribution >= 4 is 17.6 Å². The minimum atomic E-state index is -0.254. The molecule has 3 rings (SSSR count). The summed E-state index contributed by atoms with van der Waals surface area (Å²) in [5.41, 5.74) is 2.25. The number of benzene rings is 2. The molecule has 1 aliphatic heterocycles. The van der Waals surface area contributed by atoms with Gasteiger partial charge in [0.2, 0.25) is 0 Å². The number of rotatable bonds is 4. The standard InChI is InChI=1S/C21H24FN3O2/c1-3-23-20(26)16-6-10-19(11-7-16)24-21(27)25-13-17(12-14(25)2)15-4-8-18(22)9-5-15/h4-11,14,17H,3,12-13H2,1-2H3,(H,23,26)(H,24,27). The number of hydrogen-bond donors (Lipinski definition) is 2. The molecule has 0 spiro atoms. The van der Waals surface area contributed by atoms with Gasteiger partial charge in [-0.2, -0.15) is 0 Å². The number of amides is 3. The minimum Gasteiger partial charge on any atom is -0.352 e. The van der Waals surface area contributed by atoms with Gasteiger partial charge in [-0.05, 0) is 62.2 Å². The monoisotopic (exact) mass is 369 g/mol.